The molecule has 2 aliphatic heterocycles. The third-order valence-electron chi connectivity index (χ3n) is 5.86. The number of aromatic nitrogens is 5. The number of benzene rings is 1. The lowest BCUT2D eigenvalue weighted by atomic mass is 10.1. The predicted octanol–water partition coefficient (Wildman–Crippen LogP) is 3.67. The molecule has 5 heterocycles. The fourth-order valence-electron chi connectivity index (χ4n) is 4.15. The molecule has 1 aromatic carbocycles. The minimum absolute atomic E-state index is 0.0183. The van der Waals surface area contributed by atoms with Gasteiger partial charge in [0.15, 0.2) is 17.8 Å². The minimum atomic E-state index is -0.357. The summed E-state index contributed by atoms with van der Waals surface area (Å²) in [6.07, 6.45) is 4.30. The lowest BCUT2D eigenvalue weighted by Gasteiger charge is -2.17. The molecule has 1 N–H and O–H groups in total. The van der Waals surface area contributed by atoms with Crippen molar-refractivity contribution in [2.45, 2.75) is 24.7 Å². The molecule has 9 heteroatoms. The number of halogens is 1. The number of rotatable bonds is 5. The summed E-state index contributed by atoms with van der Waals surface area (Å²) in [6, 6.07) is 13.9. The predicted molar refractivity (Wildman–Crippen MR) is 117 cm³/mol. The van der Waals surface area contributed by atoms with Gasteiger partial charge >= 0.3 is 0 Å². The molecule has 3 aromatic heterocycles. The Bertz CT molecular complexity index is 1260. The Morgan fingerprint density at radius 2 is 1.85 bits per heavy atom. The van der Waals surface area contributed by atoms with Crippen LogP contribution in [-0.4, -0.2) is 56.7 Å². The number of hydrogen-bond donors (Lipinski definition) is 1. The third kappa shape index (κ3) is 3.85. The number of aromatic amines is 1. The Morgan fingerprint density at radius 1 is 0.970 bits per heavy atom. The van der Waals surface area contributed by atoms with Crippen LogP contribution in [-0.2, 0) is 9.47 Å². The van der Waals surface area contributed by atoms with E-state index >= 15 is 0 Å². The van der Waals surface area contributed by atoms with Crippen molar-refractivity contribution in [3.8, 4) is 39.9 Å². The second kappa shape index (κ2) is 8.34. The van der Waals surface area contributed by atoms with E-state index < -0.39 is 0 Å². The van der Waals surface area contributed by atoms with Crippen molar-refractivity contribution in [1.82, 2.24) is 25.1 Å². The molecule has 0 radical (unpaired) electrons. The van der Waals surface area contributed by atoms with E-state index in [4.69, 9.17) is 14.2 Å². The van der Waals surface area contributed by atoms with Crippen LogP contribution < -0.4 is 4.74 Å². The number of nitrogens with zero attached hydrogens (tertiary/aromatic N) is 4. The lowest BCUT2D eigenvalue weighted by Crippen LogP contribution is -2.32. The quantitative estimate of drug-likeness (QED) is 0.501. The molecule has 0 saturated carbocycles. The van der Waals surface area contributed by atoms with Gasteiger partial charge < -0.3 is 14.2 Å². The van der Waals surface area contributed by atoms with Gasteiger partial charge in [-0.3, -0.25) is 10.1 Å². The van der Waals surface area contributed by atoms with Crippen molar-refractivity contribution >= 4 is 0 Å². The average Bonchev–Trinajstić information content (AvgIpc) is 3.59. The first-order chi connectivity index (χ1) is 16.2. The molecular weight excluding hydrogens is 425 g/mol. The Kier molecular flexibility index (Phi) is 5.04. The molecule has 0 bridgehead atoms. The molecule has 33 heavy (non-hydrogen) atoms. The fraction of sp³-hybridized carbons (Fsp3) is 0.250. The van der Waals surface area contributed by atoms with E-state index in [0.29, 0.717) is 36.3 Å². The monoisotopic (exact) mass is 445 g/mol. The van der Waals surface area contributed by atoms with Crippen LogP contribution in [0, 0.1) is 5.82 Å². The number of ether oxygens (including phenoxy) is 3. The highest BCUT2D eigenvalue weighted by Crippen LogP contribution is 2.30. The summed E-state index contributed by atoms with van der Waals surface area (Å²) >= 11 is 0. The first-order valence-electron chi connectivity index (χ1n) is 10.7. The first kappa shape index (κ1) is 20.0. The zero-order valence-electron chi connectivity index (χ0n) is 17.5. The van der Waals surface area contributed by atoms with Gasteiger partial charge in [-0.25, -0.2) is 14.4 Å². The molecule has 2 fully saturated rings. The summed E-state index contributed by atoms with van der Waals surface area (Å²) in [5, 5.41) is 6.98. The molecule has 0 aliphatic carbocycles. The van der Waals surface area contributed by atoms with Gasteiger partial charge in [-0.1, -0.05) is 12.1 Å². The van der Waals surface area contributed by atoms with Crippen LogP contribution in [0.15, 0.2) is 60.9 Å². The zero-order chi connectivity index (χ0) is 22.2. The number of H-pyrrole nitrogens is 1. The number of fused-ring (bicyclic) bond motifs is 1. The van der Waals surface area contributed by atoms with E-state index in [2.05, 4.69) is 25.1 Å². The molecule has 2 aliphatic rings. The van der Waals surface area contributed by atoms with Crippen LogP contribution in [0.3, 0.4) is 0 Å². The van der Waals surface area contributed by atoms with Crippen LogP contribution in [0.5, 0.6) is 5.88 Å². The van der Waals surface area contributed by atoms with E-state index in [-0.39, 0.29) is 24.1 Å². The minimum Gasteiger partial charge on any atom is -0.469 e. The van der Waals surface area contributed by atoms with E-state index in [0.717, 1.165) is 23.2 Å². The first-order valence-corrected chi connectivity index (χ1v) is 10.7. The van der Waals surface area contributed by atoms with E-state index in [1.165, 1.54) is 6.07 Å². The van der Waals surface area contributed by atoms with Crippen molar-refractivity contribution in [3.05, 3.63) is 66.7 Å². The molecule has 6 rings (SSSR count). The highest BCUT2D eigenvalue weighted by molar-refractivity contribution is 5.64. The summed E-state index contributed by atoms with van der Waals surface area (Å²) < 4.78 is 31.4. The van der Waals surface area contributed by atoms with Crippen LogP contribution in [0.4, 0.5) is 4.39 Å². The molecule has 166 valence electrons. The van der Waals surface area contributed by atoms with Gasteiger partial charge in [0.1, 0.15) is 11.9 Å². The third-order valence-corrected chi connectivity index (χ3v) is 5.86. The highest BCUT2D eigenvalue weighted by atomic mass is 19.1. The molecule has 2 saturated heterocycles. The van der Waals surface area contributed by atoms with Gasteiger partial charge in [0.25, 0.3) is 0 Å². The summed E-state index contributed by atoms with van der Waals surface area (Å²) in [5.41, 5.74) is 2.70. The molecule has 4 aromatic rings. The molecule has 0 amide bonds. The number of nitrogens with one attached hydrogen (secondary N) is 1. The SMILES string of the molecule is Fc1ccccc1-c1nc(-c2ccc(-c3ccc(OC4COC5CCOC54)nc3)nc2)n[nH]1. The standard InChI is InChI=1S/C24H20FN5O3/c25-17-4-2-1-3-16(17)24-28-23(29-30-24)15-5-7-18(26-12-15)14-6-8-21(27-11-14)33-20-13-32-19-9-10-31-22(19)20/h1-8,11-12,19-20,22H,9-10,13H2,(H,28,29,30). The Morgan fingerprint density at radius 3 is 2.67 bits per heavy atom. The van der Waals surface area contributed by atoms with E-state index in [1.807, 2.05) is 24.3 Å². The van der Waals surface area contributed by atoms with E-state index in [1.54, 1.807) is 30.6 Å². The summed E-state index contributed by atoms with van der Waals surface area (Å²) in [6.45, 7) is 1.23. The Balaban J connectivity index is 1.15. The van der Waals surface area contributed by atoms with Crippen molar-refractivity contribution in [2.75, 3.05) is 13.2 Å². The maximum Gasteiger partial charge on any atom is 0.213 e. The zero-order valence-corrected chi connectivity index (χ0v) is 17.5. The largest absolute Gasteiger partial charge is 0.469 e. The van der Waals surface area contributed by atoms with Crippen molar-refractivity contribution < 1.29 is 18.6 Å². The number of hydrogen-bond acceptors (Lipinski definition) is 7. The molecule has 0 spiro atoms. The highest BCUT2D eigenvalue weighted by Gasteiger charge is 2.43. The topological polar surface area (TPSA) is 95.0 Å². The fourth-order valence-corrected chi connectivity index (χ4v) is 4.15. The summed E-state index contributed by atoms with van der Waals surface area (Å²) in [7, 11) is 0. The average molecular weight is 445 g/mol. The Labute approximate surface area is 188 Å². The van der Waals surface area contributed by atoms with Gasteiger partial charge in [0.2, 0.25) is 5.88 Å². The van der Waals surface area contributed by atoms with Crippen LogP contribution in [0.2, 0.25) is 0 Å². The molecule has 3 atom stereocenters. The molecule has 8 nitrogen and oxygen atoms in total. The van der Waals surface area contributed by atoms with Crippen molar-refractivity contribution in [3.63, 3.8) is 0 Å². The smallest absolute Gasteiger partial charge is 0.213 e. The van der Waals surface area contributed by atoms with Crippen molar-refractivity contribution in [1.29, 1.82) is 0 Å². The van der Waals surface area contributed by atoms with Gasteiger partial charge in [0.05, 0.1) is 24.0 Å². The normalized spacial score (nSPS) is 21.8. The van der Waals surface area contributed by atoms with Crippen LogP contribution in [0.25, 0.3) is 34.0 Å². The van der Waals surface area contributed by atoms with Crippen LogP contribution in [0.1, 0.15) is 6.42 Å². The molecular formula is C24H20FN5O3. The summed E-state index contributed by atoms with van der Waals surface area (Å²) in [5.74, 6) is 0.987. The van der Waals surface area contributed by atoms with Gasteiger partial charge in [0, 0.05) is 36.2 Å². The maximum atomic E-state index is 14.0. The second-order valence-electron chi connectivity index (χ2n) is 7.96. The second-order valence-corrected chi connectivity index (χ2v) is 7.96. The summed E-state index contributed by atoms with van der Waals surface area (Å²) in [4.78, 5) is 13.3. The Hall–Kier alpha value is -3.69. The lowest BCUT2D eigenvalue weighted by molar-refractivity contribution is 0.0289. The van der Waals surface area contributed by atoms with E-state index in [9.17, 15) is 4.39 Å². The van der Waals surface area contributed by atoms with Gasteiger partial charge in [-0.2, -0.15) is 5.10 Å². The van der Waals surface area contributed by atoms with Gasteiger partial charge in [-0.15, -0.1) is 0 Å². The van der Waals surface area contributed by atoms with Crippen molar-refractivity contribution in [2.24, 2.45) is 0 Å². The van der Waals surface area contributed by atoms with Crippen LogP contribution >= 0.6 is 0 Å². The maximum absolute atomic E-state index is 14.0. The van der Waals surface area contributed by atoms with Gasteiger partial charge in [-0.05, 0) is 36.8 Å². The number of pyridine rings is 2. The molecule has 3 unspecified atom stereocenters.